The Morgan fingerprint density at radius 2 is 2.50 bits per heavy atom. The highest BCUT2D eigenvalue weighted by molar-refractivity contribution is 6.47. The summed E-state index contributed by atoms with van der Waals surface area (Å²) in [5.41, 5.74) is 1.72. The van der Waals surface area contributed by atoms with Crippen LogP contribution in [0.1, 0.15) is 0 Å². The predicted octanol–water partition coefficient (Wildman–Crippen LogP) is -2.46. The number of aliphatic carboxylic acids is 1. The molecule has 46 valence electrons. The van der Waals surface area contributed by atoms with Crippen molar-refractivity contribution < 1.29 is 9.90 Å². The molecule has 2 N–H and O–H groups in total. The molecule has 0 aliphatic rings. The highest BCUT2D eigenvalue weighted by atomic mass is 28.3. The maximum Gasteiger partial charge on any atom is 0.327 e. The summed E-state index contributed by atoms with van der Waals surface area (Å²) in [6.07, 6.45) is 1.19. The van der Waals surface area contributed by atoms with Gasteiger partial charge in [-0.1, -0.05) is 5.70 Å². The number of hydrogen-bond acceptors (Lipinski definition) is 2. The van der Waals surface area contributed by atoms with E-state index in [-0.39, 0.29) is 9.68 Å². The van der Waals surface area contributed by atoms with Crippen LogP contribution in [-0.4, -0.2) is 31.2 Å². The van der Waals surface area contributed by atoms with Gasteiger partial charge in [-0.05, 0) is 0 Å². The van der Waals surface area contributed by atoms with Crippen LogP contribution in [0, 0.1) is 0 Å². The highest BCUT2D eigenvalue weighted by Gasteiger charge is 1.81. The molecule has 0 aromatic carbocycles. The van der Waals surface area contributed by atoms with Crippen LogP contribution in [0.2, 0.25) is 0 Å². The topological polar surface area (TPSA) is 49.3 Å². The van der Waals surface area contributed by atoms with Crippen molar-refractivity contribution in [2.75, 3.05) is 0 Å². The third-order valence-electron chi connectivity index (χ3n) is 0.582. The molecule has 0 spiro atoms. The summed E-state index contributed by atoms with van der Waals surface area (Å²) in [7, 11) is 0.596. The number of hydrogen-bond donors (Lipinski definition) is 2. The van der Waals surface area contributed by atoms with E-state index in [2.05, 4.69) is 4.65 Å². The second kappa shape index (κ2) is 4.76. The van der Waals surface area contributed by atoms with Crippen molar-refractivity contribution in [3.05, 3.63) is 11.8 Å². The van der Waals surface area contributed by atoms with Gasteiger partial charge in [0.1, 0.15) is 9.68 Å². The zero-order chi connectivity index (χ0) is 6.41. The second-order valence-electron chi connectivity index (χ2n) is 1.30. The van der Waals surface area contributed by atoms with Gasteiger partial charge >= 0.3 is 5.97 Å². The summed E-state index contributed by atoms with van der Waals surface area (Å²) in [4.78, 5) is 9.79. The molecule has 0 aliphatic heterocycles. The molecule has 0 heterocycles. The van der Waals surface area contributed by atoms with E-state index < -0.39 is 5.97 Å². The fraction of sp³-hybridized carbons (Fsp3) is 0. The molecular formula is C3H9NO2Si2. The van der Waals surface area contributed by atoms with Gasteiger partial charge in [-0.2, -0.15) is 0 Å². The third-order valence-corrected chi connectivity index (χ3v) is 2.69. The molecular weight excluding hydrogens is 138 g/mol. The predicted molar refractivity (Wildman–Crippen MR) is 38.4 cm³/mol. The van der Waals surface area contributed by atoms with Crippen LogP contribution in [0.4, 0.5) is 0 Å². The van der Waals surface area contributed by atoms with Crippen molar-refractivity contribution in [3.8, 4) is 0 Å². The Balaban J connectivity index is 3.20. The summed E-state index contributed by atoms with van der Waals surface area (Å²) in [5, 5.41) is 8.06. The number of nitrogens with one attached hydrogen (secondary N) is 1. The first kappa shape index (κ1) is 7.60. The minimum atomic E-state index is -0.852. The Hall–Kier alpha value is -0.396. The largest absolute Gasteiger partial charge is 0.478 e. The Morgan fingerprint density at radius 1 is 1.88 bits per heavy atom. The van der Waals surface area contributed by atoms with Gasteiger partial charge in [0.05, 0.1) is 10.4 Å². The molecule has 3 nitrogen and oxygen atoms in total. The lowest BCUT2D eigenvalue weighted by molar-refractivity contribution is -0.131. The molecule has 5 heteroatoms. The molecule has 0 radical (unpaired) electrons. The van der Waals surface area contributed by atoms with Crippen molar-refractivity contribution in [1.29, 1.82) is 0 Å². The summed E-state index contributed by atoms with van der Waals surface area (Å²) < 4.78 is 3.05. The second-order valence-corrected chi connectivity index (χ2v) is 5.01. The average Bonchev–Trinajstić information content (AvgIpc) is 1.66. The van der Waals surface area contributed by atoms with Gasteiger partial charge in [0.2, 0.25) is 0 Å². The molecule has 0 rings (SSSR count). The lowest BCUT2D eigenvalue weighted by Crippen LogP contribution is -2.12. The van der Waals surface area contributed by atoms with Gasteiger partial charge in [-0.3, -0.25) is 0 Å². The van der Waals surface area contributed by atoms with Crippen LogP contribution >= 0.6 is 0 Å². The number of carbonyl (C=O) groups is 1. The van der Waals surface area contributed by atoms with Crippen LogP contribution in [-0.2, 0) is 4.79 Å². The molecule has 0 unspecified atom stereocenters. The van der Waals surface area contributed by atoms with Crippen molar-refractivity contribution in [1.82, 2.24) is 4.65 Å². The quantitative estimate of drug-likeness (QED) is 0.344. The smallest absolute Gasteiger partial charge is 0.327 e. The van der Waals surface area contributed by atoms with E-state index in [0.29, 0.717) is 0 Å². The third kappa shape index (κ3) is 5.60. The van der Waals surface area contributed by atoms with Gasteiger partial charge in [-0.25, -0.2) is 4.79 Å². The average molecular weight is 147 g/mol. The standard InChI is InChI=1S/C3H9NO2Si2/c5-3(6)1-2-8-4-7/h1-2,4H,8H2,7H3,(H,5,6). The van der Waals surface area contributed by atoms with E-state index in [4.69, 9.17) is 5.11 Å². The molecule has 8 heavy (non-hydrogen) atoms. The van der Waals surface area contributed by atoms with Gasteiger partial charge < -0.3 is 9.75 Å². The first-order valence-corrected chi connectivity index (χ1v) is 4.84. The molecule has 0 aromatic heterocycles. The molecule has 0 aliphatic carbocycles. The SMILES string of the molecule is O=C(O)C=C[SiH2]N[SiH3]. The number of carboxylic acid groups (broad SMARTS) is 1. The minimum Gasteiger partial charge on any atom is -0.478 e. The van der Waals surface area contributed by atoms with E-state index >= 15 is 0 Å². The Labute approximate surface area is 53.2 Å². The molecule has 0 aromatic rings. The van der Waals surface area contributed by atoms with Gasteiger partial charge in [0.15, 0.2) is 0 Å². The van der Waals surface area contributed by atoms with E-state index in [1.54, 1.807) is 5.70 Å². The summed E-state index contributed by atoms with van der Waals surface area (Å²) in [6, 6.07) is 0. The van der Waals surface area contributed by atoms with Crippen molar-refractivity contribution in [3.63, 3.8) is 0 Å². The molecule has 0 amide bonds. The summed E-state index contributed by atoms with van der Waals surface area (Å²) >= 11 is 0. The van der Waals surface area contributed by atoms with Crippen molar-refractivity contribution in [2.24, 2.45) is 0 Å². The van der Waals surface area contributed by atoms with Crippen molar-refractivity contribution in [2.45, 2.75) is 0 Å². The zero-order valence-electron chi connectivity index (χ0n) is 4.72. The minimum absolute atomic E-state index is 0.371. The highest BCUT2D eigenvalue weighted by Crippen LogP contribution is 1.65. The number of rotatable bonds is 3. The molecule has 0 fully saturated rings. The Kier molecular flexibility index (Phi) is 4.52. The molecule has 0 atom stereocenters. The summed E-state index contributed by atoms with van der Waals surface area (Å²) in [5.74, 6) is -0.852. The number of carboxylic acids is 1. The van der Waals surface area contributed by atoms with E-state index in [1.165, 1.54) is 6.08 Å². The van der Waals surface area contributed by atoms with E-state index in [0.717, 1.165) is 10.4 Å². The lowest BCUT2D eigenvalue weighted by atomic mass is 10.7. The lowest BCUT2D eigenvalue weighted by Gasteiger charge is -1.82. The van der Waals surface area contributed by atoms with Gasteiger partial charge in [-0.15, -0.1) is 0 Å². The maximum absolute atomic E-state index is 9.79. The molecule has 0 saturated heterocycles. The van der Waals surface area contributed by atoms with Crippen molar-refractivity contribution >= 4 is 26.1 Å². The summed E-state index contributed by atoms with van der Waals surface area (Å²) in [6.45, 7) is 0. The normalized spacial score (nSPS) is 12.0. The van der Waals surface area contributed by atoms with Crippen LogP contribution in [0.15, 0.2) is 11.8 Å². The van der Waals surface area contributed by atoms with E-state index in [1.807, 2.05) is 0 Å². The first-order valence-electron chi connectivity index (χ1n) is 2.31. The van der Waals surface area contributed by atoms with Crippen LogP contribution < -0.4 is 4.65 Å². The van der Waals surface area contributed by atoms with E-state index in [9.17, 15) is 4.79 Å². The van der Waals surface area contributed by atoms with Gasteiger partial charge in [0.25, 0.3) is 0 Å². The van der Waals surface area contributed by atoms with Crippen LogP contribution in [0.25, 0.3) is 0 Å². The maximum atomic E-state index is 9.79. The Bertz CT molecular complexity index is 103. The molecule has 0 saturated carbocycles. The monoisotopic (exact) mass is 147 g/mol. The molecule has 0 bridgehead atoms. The van der Waals surface area contributed by atoms with Crippen LogP contribution in [0.3, 0.4) is 0 Å². The zero-order valence-corrected chi connectivity index (χ0v) is 8.13. The first-order chi connectivity index (χ1) is 3.77. The fourth-order valence-electron chi connectivity index (χ4n) is 0.278. The fourth-order valence-corrected chi connectivity index (χ4v) is 1.54. The Morgan fingerprint density at radius 3 is 2.88 bits per heavy atom. The van der Waals surface area contributed by atoms with Gasteiger partial charge in [0, 0.05) is 6.08 Å². The van der Waals surface area contributed by atoms with Crippen LogP contribution in [0.5, 0.6) is 0 Å².